The Kier molecular flexibility index (Phi) is 4.19. The molecule has 2 aromatic rings. The Labute approximate surface area is 103 Å². The Balaban J connectivity index is 1.99. The molecule has 0 saturated heterocycles. The van der Waals surface area contributed by atoms with E-state index in [1.165, 1.54) is 18.4 Å². The van der Waals surface area contributed by atoms with E-state index >= 15 is 0 Å². The third-order valence-corrected chi connectivity index (χ3v) is 2.72. The number of hydrogen-bond donors (Lipinski definition) is 1. The third-order valence-electron chi connectivity index (χ3n) is 2.72. The fourth-order valence-corrected chi connectivity index (χ4v) is 1.76. The summed E-state index contributed by atoms with van der Waals surface area (Å²) < 4.78 is 2.14. The van der Waals surface area contributed by atoms with Crippen LogP contribution < -0.4 is 5.32 Å². The first-order valence-corrected chi connectivity index (χ1v) is 6.19. The molecular weight excluding hydrogens is 210 g/mol. The van der Waals surface area contributed by atoms with Gasteiger partial charge in [0.1, 0.15) is 0 Å². The van der Waals surface area contributed by atoms with Gasteiger partial charge >= 0.3 is 0 Å². The Morgan fingerprint density at radius 3 is 2.82 bits per heavy atom. The number of unbranched alkanes of at least 4 members (excludes halogenated alkanes) is 1. The molecule has 0 aliphatic rings. The molecule has 0 unspecified atom stereocenters. The Bertz CT molecular complexity index is 434. The van der Waals surface area contributed by atoms with Crippen molar-refractivity contribution in [1.82, 2.24) is 9.55 Å². The van der Waals surface area contributed by atoms with Crippen LogP contribution in [0.25, 0.3) is 0 Å². The SMILES string of the molecule is CCCCNc1nccn1Cc1ccccc1. The van der Waals surface area contributed by atoms with Gasteiger partial charge in [-0.2, -0.15) is 0 Å². The van der Waals surface area contributed by atoms with Gasteiger partial charge in [-0.05, 0) is 12.0 Å². The molecule has 1 aromatic carbocycles. The van der Waals surface area contributed by atoms with Gasteiger partial charge in [-0.25, -0.2) is 4.98 Å². The van der Waals surface area contributed by atoms with Gasteiger partial charge in [0.2, 0.25) is 5.95 Å². The minimum atomic E-state index is 0.870. The van der Waals surface area contributed by atoms with Crippen LogP contribution in [0.4, 0.5) is 5.95 Å². The largest absolute Gasteiger partial charge is 0.356 e. The van der Waals surface area contributed by atoms with Gasteiger partial charge in [0, 0.05) is 18.9 Å². The predicted octanol–water partition coefficient (Wildman–Crippen LogP) is 3.14. The van der Waals surface area contributed by atoms with Gasteiger partial charge < -0.3 is 9.88 Å². The lowest BCUT2D eigenvalue weighted by Gasteiger charge is -2.09. The Morgan fingerprint density at radius 1 is 1.24 bits per heavy atom. The molecule has 0 aliphatic heterocycles. The second-order valence-electron chi connectivity index (χ2n) is 4.14. The molecule has 0 bridgehead atoms. The van der Waals surface area contributed by atoms with Gasteiger partial charge in [0.15, 0.2) is 0 Å². The first-order valence-electron chi connectivity index (χ1n) is 6.19. The topological polar surface area (TPSA) is 29.9 Å². The highest BCUT2D eigenvalue weighted by Crippen LogP contribution is 2.09. The van der Waals surface area contributed by atoms with E-state index in [4.69, 9.17) is 0 Å². The van der Waals surface area contributed by atoms with Crippen LogP contribution in [-0.4, -0.2) is 16.1 Å². The first-order chi connectivity index (χ1) is 8.40. The number of nitrogens with zero attached hydrogens (tertiary/aromatic N) is 2. The Hall–Kier alpha value is -1.77. The molecule has 1 aromatic heterocycles. The maximum Gasteiger partial charge on any atom is 0.203 e. The van der Waals surface area contributed by atoms with Gasteiger partial charge in [-0.1, -0.05) is 43.7 Å². The highest BCUT2D eigenvalue weighted by Gasteiger charge is 2.01. The number of anilines is 1. The maximum absolute atomic E-state index is 4.34. The highest BCUT2D eigenvalue weighted by atomic mass is 15.2. The summed E-state index contributed by atoms with van der Waals surface area (Å²) in [6.45, 7) is 4.05. The van der Waals surface area contributed by atoms with E-state index in [2.05, 4.69) is 46.1 Å². The second kappa shape index (κ2) is 6.09. The van der Waals surface area contributed by atoms with Gasteiger partial charge in [-0.15, -0.1) is 0 Å². The average molecular weight is 229 g/mol. The molecule has 2 rings (SSSR count). The van der Waals surface area contributed by atoms with Crippen LogP contribution in [0.1, 0.15) is 25.3 Å². The van der Waals surface area contributed by atoms with Crippen molar-refractivity contribution in [3.8, 4) is 0 Å². The summed E-state index contributed by atoms with van der Waals surface area (Å²) in [5, 5.41) is 3.37. The van der Waals surface area contributed by atoms with E-state index in [0.717, 1.165) is 19.0 Å². The predicted molar refractivity (Wildman–Crippen MR) is 71.2 cm³/mol. The molecule has 3 heteroatoms. The Morgan fingerprint density at radius 2 is 2.06 bits per heavy atom. The van der Waals surface area contributed by atoms with Crippen molar-refractivity contribution < 1.29 is 0 Å². The average Bonchev–Trinajstić information content (AvgIpc) is 2.79. The molecular formula is C14H19N3. The molecule has 0 atom stereocenters. The van der Waals surface area contributed by atoms with Crippen molar-refractivity contribution in [2.45, 2.75) is 26.3 Å². The van der Waals surface area contributed by atoms with Crippen molar-refractivity contribution in [3.05, 3.63) is 48.3 Å². The van der Waals surface area contributed by atoms with Crippen LogP contribution in [0.2, 0.25) is 0 Å². The van der Waals surface area contributed by atoms with Crippen LogP contribution in [0.5, 0.6) is 0 Å². The van der Waals surface area contributed by atoms with Crippen molar-refractivity contribution >= 4 is 5.95 Å². The molecule has 1 heterocycles. The molecule has 0 amide bonds. The van der Waals surface area contributed by atoms with Crippen molar-refractivity contribution in [3.63, 3.8) is 0 Å². The van der Waals surface area contributed by atoms with E-state index in [-0.39, 0.29) is 0 Å². The fourth-order valence-electron chi connectivity index (χ4n) is 1.76. The minimum absolute atomic E-state index is 0.870. The van der Waals surface area contributed by atoms with Gasteiger partial charge in [-0.3, -0.25) is 0 Å². The number of imidazole rings is 1. The zero-order chi connectivity index (χ0) is 11.9. The van der Waals surface area contributed by atoms with E-state index < -0.39 is 0 Å². The summed E-state index contributed by atoms with van der Waals surface area (Å²) >= 11 is 0. The quantitative estimate of drug-likeness (QED) is 0.771. The number of hydrogen-bond acceptors (Lipinski definition) is 2. The zero-order valence-electron chi connectivity index (χ0n) is 10.3. The summed E-state index contributed by atoms with van der Waals surface area (Å²) in [7, 11) is 0. The number of nitrogens with one attached hydrogen (secondary N) is 1. The third kappa shape index (κ3) is 3.34. The number of benzene rings is 1. The van der Waals surface area contributed by atoms with Crippen molar-refractivity contribution in [2.24, 2.45) is 0 Å². The minimum Gasteiger partial charge on any atom is -0.356 e. The van der Waals surface area contributed by atoms with E-state index in [1.54, 1.807) is 0 Å². The summed E-state index contributed by atoms with van der Waals surface area (Å²) in [5.74, 6) is 0.960. The lowest BCUT2D eigenvalue weighted by molar-refractivity contribution is 0.775. The normalized spacial score (nSPS) is 10.4. The van der Waals surface area contributed by atoms with E-state index in [1.807, 2.05) is 18.5 Å². The summed E-state index contributed by atoms with van der Waals surface area (Å²) in [6.07, 6.45) is 6.24. The number of rotatable bonds is 6. The van der Waals surface area contributed by atoms with Crippen LogP contribution in [0.3, 0.4) is 0 Å². The lowest BCUT2D eigenvalue weighted by atomic mass is 10.2. The molecule has 0 aliphatic carbocycles. The van der Waals surface area contributed by atoms with Crippen LogP contribution in [0, 0.1) is 0 Å². The second-order valence-corrected chi connectivity index (χ2v) is 4.14. The summed E-state index contributed by atoms with van der Waals surface area (Å²) in [4.78, 5) is 4.34. The van der Waals surface area contributed by atoms with Crippen molar-refractivity contribution in [1.29, 1.82) is 0 Å². The molecule has 3 nitrogen and oxygen atoms in total. The fraction of sp³-hybridized carbons (Fsp3) is 0.357. The lowest BCUT2D eigenvalue weighted by Crippen LogP contribution is -2.09. The van der Waals surface area contributed by atoms with Gasteiger partial charge in [0.05, 0.1) is 6.54 Å². The van der Waals surface area contributed by atoms with Gasteiger partial charge in [0.25, 0.3) is 0 Å². The molecule has 0 saturated carbocycles. The first kappa shape index (κ1) is 11.7. The highest BCUT2D eigenvalue weighted by molar-refractivity contribution is 5.27. The summed E-state index contributed by atoms with van der Waals surface area (Å²) in [6, 6.07) is 10.4. The monoisotopic (exact) mass is 229 g/mol. The standard InChI is InChI=1S/C14H19N3/c1-2-3-9-15-14-16-10-11-17(14)12-13-7-5-4-6-8-13/h4-8,10-11H,2-3,9,12H2,1H3,(H,15,16). The molecule has 0 radical (unpaired) electrons. The van der Waals surface area contributed by atoms with Crippen LogP contribution in [0.15, 0.2) is 42.7 Å². The smallest absolute Gasteiger partial charge is 0.203 e. The zero-order valence-corrected chi connectivity index (χ0v) is 10.3. The van der Waals surface area contributed by atoms with Crippen LogP contribution in [-0.2, 0) is 6.54 Å². The molecule has 17 heavy (non-hydrogen) atoms. The maximum atomic E-state index is 4.34. The van der Waals surface area contributed by atoms with Crippen molar-refractivity contribution in [2.75, 3.05) is 11.9 Å². The number of aromatic nitrogens is 2. The molecule has 0 spiro atoms. The molecule has 1 N–H and O–H groups in total. The van der Waals surface area contributed by atoms with E-state index in [9.17, 15) is 0 Å². The molecule has 0 fully saturated rings. The van der Waals surface area contributed by atoms with Crippen LogP contribution >= 0.6 is 0 Å². The summed E-state index contributed by atoms with van der Waals surface area (Å²) in [5.41, 5.74) is 1.30. The van der Waals surface area contributed by atoms with E-state index in [0.29, 0.717) is 0 Å². The molecule has 90 valence electrons.